The summed E-state index contributed by atoms with van der Waals surface area (Å²) in [5.41, 5.74) is 0. The molecule has 0 spiro atoms. The van der Waals surface area contributed by atoms with Crippen molar-refractivity contribution in [2.45, 2.75) is 67.6 Å². The van der Waals surface area contributed by atoms with E-state index in [0.29, 0.717) is 0 Å². The Balaban J connectivity index is 2.34. The maximum atomic E-state index is 11.9. The molecule has 2 heterocycles. The van der Waals surface area contributed by atoms with Gasteiger partial charge in [-0.05, 0) is 0 Å². The van der Waals surface area contributed by atoms with Crippen molar-refractivity contribution < 1.29 is 68.3 Å². The van der Waals surface area contributed by atoms with Crippen molar-refractivity contribution in [1.82, 2.24) is 0 Å². The highest BCUT2D eigenvalue weighted by Gasteiger charge is 2.61. The van der Waals surface area contributed by atoms with Crippen molar-refractivity contribution >= 4 is 17.9 Å². The maximum Gasteiger partial charge on any atom is 0.337 e. The van der Waals surface area contributed by atoms with Crippen molar-refractivity contribution in [2.24, 2.45) is 0 Å². The molecule has 0 saturated carbocycles. The topological polar surface area (TPSA) is 208 Å². The average Bonchev–Trinajstić information content (AvgIpc) is 2.99. The molecule has 2 aliphatic heterocycles. The molecule has 14 heteroatoms. The van der Waals surface area contributed by atoms with Gasteiger partial charge in [0.05, 0.1) is 33.9 Å². The predicted molar refractivity (Wildman–Crippen MR) is 92.7 cm³/mol. The van der Waals surface area contributed by atoms with E-state index >= 15 is 0 Å². The first-order valence-corrected chi connectivity index (χ1v) is 9.14. The van der Waals surface area contributed by atoms with Crippen LogP contribution in [0.4, 0.5) is 0 Å². The minimum atomic E-state index is -2.48. The lowest BCUT2D eigenvalue weighted by atomic mass is 9.96. The Kier molecular flexibility index (Phi) is 8.29. The number of aliphatic hydroxyl groups is 5. The third-order valence-corrected chi connectivity index (χ3v) is 5.04. The van der Waals surface area contributed by atoms with Crippen molar-refractivity contribution in [3.63, 3.8) is 0 Å². The first-order valence-electron chi connectivity index (χ1n) is 9.14. The van der Waals surface area contributed by atoms with Gasteiger partial charge < -0.3 is 54.0 Å². The van der Waals surface area contributed by atoms with Gasteiger partial charge in [-0.15, -0.1) is 0 Å². The fourth-order valence-corrected chi connectivity index (χ4v) is 3.27. The molecule has 2 rings (SSSR count). The summed E-state index contributed by atoms with van der Waals surface area (Å²) in [7, 11) is 3.10. The normalized spacial score (nSPS) is 40.3. The highest BCUT2D eigenvalue weighted by molar-refractivity contribution is 5.76. The van der Waals surface area contributed by atoms with E-state index in [1.807, 2.05) is 0 Å². The van der Waals surface area contributed by atoms with E-state index in [0.717, 1.165) is 21.3 Å². The average molecular weight is 454 g/mol. The minimum Gasteiger partial charge on any atom is -0.469 e. The highest BCUT2D eigenvalue weighted by Crippen LogP contribution is 2.39. The van der Waals surface area contributed by atoms with Crippen molar-refractivity contribution in [2.75, 3.05) is 21.3 Å². The van der Waals surface area contributed by atoms with Crippen LogP contribution in [0.1, 0.15) is 12.8 Å². The van der Waals surface area contributed by atoms with Crippen LogP contribution in [0.25, 0.3) is 0 Å². The predicted octanol–water partition coefficient (Wildman–Crippen LogP) is -4.07. The molecule has 14 nitrogen and oxygen atoms in total. The summed E-state index contributed by atoms with van der Waals surface area (Å²) in [6.07, 6.45) is -15.9. The van der Waals surface area contributed by atoms with Gasteiger partial charge in [0, 0.05) is 0 Å². The maximum absolute atomic E-state index is 11.9. The molecule has 178 valence electrons. The van der Waals surface area contributed by atoms with E-state index in [1.54, 1.807) is 0 Å². The fourth-order valence-electron chi connectivity index (χ4n) is 3.27. The summed E-state index contributed by atoms with van der Waals surface area (Å²) < 4.78 is 29.6. The molecule has 2 saturated heterocycles. The quantitative estimate of drug-likeness (QED) is 0.183. The Hall–Kier alpha value is -1.91. The van der Waals surface area contributed by atoms with Crippen LogP contribution in [-0.2, 0) is 42.8 Å². The van der Waals surface area contributed by atoms with E-state index in [9.17, 15) is 39.9 Å². The van der Waals surface area contributed by atoms with E-state index < -0.39 is 85.6 Å². The summed E-state index contributed by atoms with van der Waals surface area (Å²) in [6, 6.07) is 0. The molecule has 0 aromatic rings. The number of hydrogen-bond acceptors (Lipinski definition) is 14. The fraction of sp³-hybridized carbons (Fsp3) is 0.824. The van der Waals surface area contributed by atoms with Crippen LogP contribution in [0, 0.1) is 0 Å². The van der Waals surface area contributed by atoms with E-state index in [-0.39, 0.29) is 0 Å². The molecule has 9 atom stereocenters. The molecule has 0 radical (unpaired) electrons. The third kappa shape index (κ3) is 5.12. The Bertz CT molecular complexity index is 669. The number of methoxy groups -OCH3 is 3. The van der Waals surface area contributed by atoms with Crippen LogP contribution in [0.3, 0.4) is 0 Å². The highest BCUT2D eigenvalue weighted by atomic mass is 16.8. The zero-order valence-electron chi connectivity index (χ0n) is 16.9. The van der Waals surface area contributed by atoms with Gasteiger partial charge in [0.25, 0.3) is 0 Å². The number of aliphatic hydroxyl groups excluding tert-OH is 5. The summed E-state index contributed by atoms with van der Waals surface area (Å²) in [6.45, 7) is 0. The van der Waals surface area contributed by atoms with Crippen LogP contribution >= 0.6 is 0 Å². The standard InChI is InChI=1S/C17H26O14/c1-26-7(18)4-6-9(20)10(21)11(22)16(29-6)31-17(5-8(19)27-2)14(24)12(23)13(30-17)15(25)28-3/h6,9-14,16,20-24H,4-5H2,1-3H3/t6?,9?,10?,11?,12-,13-,14+,16?,17-/m0/s1. The number of hydrogen-bond donors (Lipinski definition) is 5. The molecule has 0 amide bonds. The van der Waals surface area contributed by atoms with Gasteiger partial charge in [-0.25, -0.2) is 4.79 Å². The molecule has 5 N–H and O–H groups in total. The molecule has 0 aromatic heterocycles. The first-order chi connectivity index (χ1) is 14.5. The van der Waals surface area contributed by atoms with Crippen LogP contribution in [0.2, 0.25) is 0 Å². The third-order valence-electron chi connectivity index (χ3n) is 5.04. The second-order valence-electron chi connectivity index (χ2n) is 6.97. The Morgan fingerprint density at radius 3 is 2.00 bits per heavy atom. The Morgan fingerprint density at radius 2 is 1.45 bits per heavy atom. The zero-order chi connectivity index (χ0) is 23.5. The van der Waals surface area contributed by atoms with Gasteiger partial charge in [0.2, 0.25) is 5.79 Å². The first kappa shape index (κ1) is 25.4. The van der Waals surface area contributed by atoms with E-state index in [1.165, 1.54) is 0 Å². The summed E-state index contributed by atoms with van der Waals surface area (Å²) in [4.78, 5) is 35.3. The number of ether oxygens (including phenoxy) is 6. The number of carbonyl (C=O) groups excluding carboxylic acids is 3. The van der Waals surface area contributed by atoms with Crippen molar-refractivity contribution in [1.29, 1.82) is 0 Å². The number of rotatable bonds is 7. The zero-order valence-corrected chi connectivity index (χ0v) is 16.9. The molecule has 31 heavy (non-hydrogen) atoms. The lowest BCUT2D eigenvalue weighted by Crippen LogP contribution is -2.62. The molecule has 0 aromatic carbocycles. The van der Waals surface area contributed by atoms with Gasteiger partial charge in [-0.2, -0.15) is 0 Å². The largest absolute Gasteiger partial charge is 0.469 e. The summed E-state index contributed by atoms with van der Waals surface area (Å²) in [5.74, 6) is -5.37. The van der Waals surface area contributed by atoms with E-state index in [2.05, 4.69) is 14.2 Å². The van der Waals surface area contributed by atoms with Gasteiger partial charge in [-0.3, -0.25) is 9.59 Å². The molecule has 0 aliphatic carbocycles. The van der Waals surface area contributed by atoms with Gasteiger partial charge in [-0.1, -0.05) is 0 Å². The van der Waals surface area contributed by atoms with Crippen LogP contribution < -0.4 is 0 Å². The SMILES string of the molecule is COC(=O)CC1OC(O[C@]2(CC(=O)OC)O[C@H](C(=O)OC)[C@H](O)[C@H]2O)C(O)C(O)C1O. The van der Waals surface area contributed by atoms with Gasteiger partial charge in [0.15, 0.2) is 12.4 Å². The molecule has 2 aliphatic rings. The number of carbonyl (C=O) groups is 3. The lowest BCUT2D eigenvalue weighted by molar-refractivity contribution is -0.375. The van der Waals surface area contributed by atoms with Crippen molar-refractivity contribution in [3.05, 3.63) is 0 Å². The monoisotopic (exact) mass is 454 g/mol. The van der Waals surface area contributed by atoms with Crippen molar-refractivity contribution in [3.8, 4) is 0 Å². The van der Waals surface area contributed by atoms with Crippen LogP contribution in [0.15, 0.2) is 0 Å². The molecular formula is C17H26O14. The molecule has 0 bridgehead atoms. The lowest BCUT2D eigenvalue weighted by Gasteiger charge is -2.43. The molecular weight excluding hydrogens is 428 g/mol. The van der Waals surface area contributed by atoms with Gasteiger partial charge >= 0.3 is 17.9 Å². The second kappa shape index (κ2) is 10.1. The Morgan fingerprint density at radius 1 is 0.839 bits per heavy atom. The molecule has 2 fully saturated rings. The van der Waals surface area contributed by atoms with E-state index in [4.69, 9.17) is 14.2 Å². The van der Waals surface area contributed by atoms with Gasteiger partial charge in [0.1, 0.15) is 36.9 Å². The minimum absolute atomic E-state index is 0.540. The second-order valence-corrected chi connectivity index (χ2v) is 6.97. The summed E-state index contributed by atoms with van der Waals surface area (Å²) >= 11 is 0. The van der Waals surface area contributed by atoms with Crippen LogP contribution in [0.5, 0.6) is 0 Å². The number of esters is 3. The summed E-state index contributed by atoms with van der Waals surface area (Å²) in [5, 5.41) is 51.2. The Labute approximate surface area is 176 Å². The van der Waals surface area contributed by atoms with Crippen LogP contribution in [-0.4, -0.2) is 120 Å². The smallest absolute Gasteiger partial charge is 0.337 e. The molecule has 5 unspecified atom stereocenters.